The van der Waals surface area contributed by atoms with Gasteiger partial charge >= 0.3 is 0 Å². The SMILES string of the molecule is COc1cc(C(O)C23CC(C(=O)N4N=CCC4c4cc(F)cc(F)c4)(C2)C3)ncn1. The van der Waals surface area contributed by atoms with Crippen LogP contribution in [0.4, 0.5) is 8.78 Å². The van der Waals surface area contributed by atoms with E-state index in [0.717, 1.165) is 6.07 Å². The van der Waals surface area contributed by atoms with E-state index >= 15 is 0 Å². The summed E-state index contributed by atoms with van der Waals surface area (Å²) in [6.07, 6.45) is 4.06. The van der Waals surface area contributed by atoms with Crippen LogP contribution in [0.5, 0.6) is 5.88 Å². The first-order valence-electron chi connectivity index (χ1n) is 9.72. The van der Waals surface area contributed by atoms with Crippen molar-refractivity contribution in [2.75, 3.05) is 7.11 Å². The molecular formula is C21H20F2N4O3. The summed E-state index contributed by atoms with van der Waals surface area (Å²) in [5, 5.41) is 16.4. The Balaban J connectivity index is 1.31. The Morgan fingerprint density at radius 2 is 1.90 bits per heavy atom. The third-order valence-corrected chi connectivity index (χ3v) is 6.57. The van der Waals surface area contributed by atoms with E-state index in [1.54, 1.807) is 12.3 Å². The minimum absolute atomic E-state index is 0.166. The number of carbonyl (C=O) groups is 1. The Kier molecular flexibility index (Phi) is 4.15. The lowest BCUT2D eigenvalue weighted by Gasteiger charge is -2.71. The summed E-state index contributed by atoms with van der Waals surface area (Å²) in [6, 6.07) is 4.35. The van der Waals surface area contributed by atoms with E-state index in [-0.39, 0.29) is 5.91 Å². The number of hydrogen-bond acceptors (Lipinski definition) is 6. The van der Waals surface area contributed by atoms with Crippen LogP contribution in [0.15, 0.2) is 35.7 Å². The summed E-state index contributed by atoms with van der Waals surface area (Å²) >= 11 is 0. The summed E-state index contributed by atoms with van der Waals surface area (Å²) in [6.45, 7) is 0. The number of hydrogen-bond donors (Lipinski definition) is 1. The molecule has 0 radical (unpaired) electrons. The second-order valence-corrected chi connectivity index (χ2v) is 8.46. The number of aliphatic hydroxyl groups is 1. The van der Waals surface area contributed by atoms with Crippen molar-refractivity contribution in [3.63, 3.8) is 0 Å². The zero-order valence-electron chi connectivity index (χ0n) is 16.3. The third kappa shape index (κ3) is 2.72. The molecule has 4 aliphatic rings. The smallest absolute Gasteiger partial charge is 0.249 e. The van der Waals surface area contributed by atoms with Crippen molar-refractivity contribution in [2.45, 2.75) is 37.8 Å². The van der Waals surface area contributed by atoms with E-state index < -0.39 is 34.6 Å². The maximum Gasteiger partial charge on any atom is 0.249 e. The van der Waals surface area contributed by atoms with Gasteiger partial charge in [0.15, 0.2) is 0 Å². The monoisotopic (exact) mass is 414 g/mol. The predicted octanol–water partition coefficient (Wildman–Crippen LogP) is 2.93. The van der Waals surface area contributed by atoms with Crippen LogP contribution >= 0.6 is 0 Å². The number of carbonyl (C=O) groups excluding carboxylic acids is 1. The molecule has 156 valence electrons. The Bertz CT molecular complexity index is 1020. The second-order valence-electron chi connectivity index (χ2n) is 8.46. The van der Waals surface area contributed by atoms with Gasteiger partial charge < -0.3 is 9.84 Å². The highest BCUT2D eigenvalue weighted by atomic mass is 19.1. The zero-order chi connectivity index (χ0) is 21.1. The Morgan fingerprint density at radius 1 is 1.20 bits per heavy atom. The van der Waals surface area contributed by atoms with E-state index in [0.29, 0.717) is 42.8 Å². The molecule has 2 bridgehead atoms. The molecule has 1 aliphatic heterocycles. The number of halogens is 2. The van der Waals surface area contributed by atoms with Crippen molar-refractivity contribution in [1.82, 2.24) is 15.0 Å². The van der Waals surface area contributed by atoms with Gasteiger partial charge in [0.25, 0.3) is 0 Å². The highest BCUT2D eigenvalue weighted by Crippen LogP contribution is 2.78. The van der Waals surface area contributed by atoms with Gasteiger partial charge in [-0.1, -0.05) is 0 Å². The van der Waals surface area contributed by atoms with Gasteiger partial charge in [0.05, 0.1) is 24.3 Å². The number of benzene rings is 1. The first-order chi connectivity index (χ1) is 14.4. The van der Waals surface area contributed by atoms with Gasteiger partial charge in [-0.25, -0.2) is 23.8 Å². The lowest BCUT2D eigenvalue weighted by atomic mass is 9.33. The normalized spacial score (nSPS) is 29.9. The van der Waals surface area contributed by atoms with E-state index in [1.807, 2.05) is 0 Å². The number of methoxy groups -OCH3 is 1. The molecule has 3 fully saturated rings. The predicted molar refractivity (Wildman–Crippen MR) is 101 cm³/mol. The standard InChI is InChI=1S/C21H20F2N4O3/c1-30-17-7-15(24-11-25-17)18(28)20-8-21(9-20,10-20)19(29)27-16(2-3-26-27)12-4-13(22)6-14(23)5-12/h3-7,11,16,18,28H,2,8-10H2,1H3. The van der Waals surface area contributed by atoms with Crippen molar-refractivity contribution in [3.8, 4) is 5.88 Å². The van der Waals surface area contributed by atoms with Gasteiger partial charge in [-0.2, -0.15) is 5.10 Å². The van der Waals surface area contributed by atoms with Crippen LogP contribution < -0.4 is 4.74 Å². The van der Waals surface area contributed by atoms with E-state index in [9.17, 15) is 18.7 Å². The van der Waals surface area contributed by atoms with Crippen molar-refractivity contribution in [3.05, 3.63) is 53.5 Å². The third-order valence-electron chi connectivity index (χ3n) is 6.57. The zero-order valence-corrected chi connectivity index (χ0v) is 16.3. The summed E-state index contributed by atoms with van der Waals surface area (Å²) < 4.78 is 32.4. The van der Waals surface area contributed by atoms with Crippen molar-refractivity contribution in [2.24, 2.45) is 15.9 Å². The summed E-state index contributed by atoms with van der Waals surface area (Å²) in [5.41, 5.74) is -0.147. The molecule has 0 saturated heterocycles. The quantitative estimate of drug-likeness (QED) is 0.813. The number of rotatable bonds is 5. The Morgan fingerprint density at radius 3 is 2.57 bits per heavy atom. The van der Waals surface area contributed by atoms with Gasteiger partial charge in [-0.15, -0.1) is 0 Å². The lowest BCUT2D eigenvalue weighted by molar-refractivity contribution is -0.255. The molecule has 1 aromatic carbocycles. The number of nitrogens with zero attached hydrogens (tertiary/aromatic N) is 4. The molecule has 1 N–H and O–H groups in total. The van der Waals surface area contributed by atoms with Gasteiger partial charge in [-0.3, -0.25) is 4.79 Å². The lowest BCUT2D eigenvalue weighted by Crippen LogP contribution is -2.69. The van der Waals surface area contributed by atoms with Gasteiger partial charge in [0, 0.05) is 30.2 Å². The molecule has 1 aromatic heterocycles. The molecule has 30 heavy (non-hydrogen) atoms. The summed E-state index contributed by atoms with van der Waals surface area (Å²) in [5.74, 6) is -1.16. The minimum Gasteiger partial charge on any atom is -0.481 e. The fourth-order valence-electron chi connectivity index (χ4n) is 5.21. The van der Waals surface area contributed by atoms with Crippen molar-refractivity contribution in [1.29, 1.82) is 0 Å². The van der Waals surface area contributed by atoms with Crippen molar-refractivity contribution >= 4 is 12.1 Å². The van der Waals surface area contributed by atoms with Crippen LogP contribution in [0.1, 0.15) is 49.1 Å². The van der Waals surface area contributed by atoms with E-state index in [4.69, 9.17) is 4.74 Å². The van der Waals surface area contributed by atoms with Crippen molar-refractivity contribution < 1.29 is 23.4 Å². The number of aromatic nitrogens is 2. The van der Waals surface area contributed by atoms with Crippen LogP contribution in [0.3, 0.4) is 0 Å². The van der Waals surface area contributed by atoms with E-state index in [2.05, 4.69) is 15.1 Å². The van der Waals surface area contributed by atoms with E-state index in [1.165, 1.54) is 30.6 Å². The maximum atomic E-state index is 13.7. The molecule has 3 aliphatic carbocycles. The number of hydrazone groups is 1. The number of ether oxygens (including phenoxy) is 1. The Hall–Kier alpha value is -2.94. The number of aliphatic hydroxyl groups excluding tert-OH is 1. The van der Waals surface area contributed by atoms with Gasteiger partial charge in [-0.05, 0) is 37.0 Å². The van der Waals surface area contributed by atoms with Crippen LogP contribution in [-0.4, -0.2) is 39.3 Å². The highest BCUT2D eigenvalue weighted by Gasteiger charge is 2.75. The largest absolute Gasteiger partial charge is 0.481 e. The second kappa shape index (κ2) is 6.53. The molecule has 2 unspecified atom stereocenters. The van der Waals surface area contributed by atoms with Gasteiger partial charge in [0.1, 0.15) is 24.1 Å². The molecule has 2 heterocycles. The summed E-state index contributed by atoms with van der Waals surface area (Å²) in [4.78, 5) is 21.3. The molecule has 9 heteroatoms. The molecule has 2 atom stereocenters. The molecule has 7 nitrogen and oxygen atoms in total. The molecule has 2 aromatic rings. The maximum absolute atomic E-state index is 13.7. The van der Waals surface area contributed by atoms with Crippen LogP contribution in [0.2, 0.25) is 0 Å². The number of amides is 1. The Labute approximate surface area is 171 Å². The van der Waals surface area contributed by atoms with Gasteiger partial charge in [0.2, 0.25) is 11.8 Å². The average Bonchev–Trinajstić information content (AvgIpc) is 3.15. The van der Waals surface area contributed by atoms with Crippen LogP contribution in [0, 0.1) is 22.5 Å². The topological polar surface area (TPSA) is 87.9 Å². The van der Waals surface area contributed by atoms with Crippen LogP contribution in [0.25, 0.3) is 0 Å². The molecular weight excluding hydrogens is 394 g/mol. The molecule has 3 saturated carbocycles. The molecule has 6 rings (SSSR count). The van der Waals surface area contributed by atoms with Crippen LogP contribution in [-0.2, 0) is 4.79 Å². The fraction of sp³-hybridized carbons (Fsp3) is 0.429. The first kappa shape index (κ1) is 19.0. The summed E-state index contributed by atoms with van der Waals surface area (Å²) in [7, 11) is 1.49. The molecule has 0 spiro atoms. The first-order valence-corrected chi connectivity index (χ1v) is 9.72. The minimum atomic E-state index is -0.820. The molecule has 1 amide bonds. The highest BCUT2D eigenvalue weighted by molar-refractivity contribution is 5.88. The fourth-order valence-corrected chi connectivity index (χ4v) is 5.21. The average molecular weight is 414 g/mol.